The smallest absolute Gasteiger partial charge is 0.145 e. The number of hydrazine groups is 1. The van der Waals surface area contributed by atoms with Crippen LogP contribution in [0.4, 0.5) is 11.6 Å². The lowest BCUT2D eigenvalue weighted by atomic mass is 10.2. The molecule has 2 rings (SSSR count). The molecule has 20 heavy (non-hydrogen) atoms. The van der Waals surface area contributed by atoms with Crippen LogP contribution in [0.1, 0.15) is 19.2 Å². The number of aliphatic hydroxyl groups is 1. The van der Waals surface area contributed by atoms with E-state index in [2.05, 4.69) is 25.2 Å². The lowest BCUT2D eigenvalue weighted by Gasteiger charge is -2.28. The molecule has 2 unspecified atom stereocenters. The summed E-state index contributed by atoms with van der Waals surface area (Å²) in [7, 11) is 4.07. The van der Waals surface area contributed by atoms with Crippen LogP contribution < -0.4 is 16.2 Å². The molecule has 7 heteroatoms. The molecule has 1 aliphatic heterocycles. The minimum absolute atomic E-state index is 0.255. The number of β-amino-alcohol motifs (C(OH)–C–C–N with tert-alkyl or cyclic N) is 1. The first-order valence-electron chi connectivity index (χ1n) is 6.97. The van der Waals surface area contributed by atoms with Gasteiger partial charge >= 0.3 is 0 Å². The maximum Gasteiger partial charge on any atom is 0.145 e. The lowest BCUT2D eigenvalue weighted by Crippen LogP contribution is -2.38. The Bertz CT molecular complexity index is 430. The van der Waals surface area contributed by atoms with Crippen LogP contribution in [0.25, 0.3) is 0 Å². The average Bonchev–Trinajstić information content (AvgIpc) is 2.78. The van der Waals surface area contributed by atoms with Crippen LogP contribution >= 0.6 is 0 Å². The van der Waals surface area contributed by atoms with Crippen LogP contribution in [0.3, 0.4) is 0 Å². The van der Waals surface area contributed by atoms with E-state index in [1.54, 1.807) is 0 Å². The van der Waals surface area contributed by atoms with E-state index in [1.165, 1.54) is 0 Å². The van der Waals surface area contributed by atoms with Gasteiger partial charge in [0.15, 0.2) is 0 Å². The van der Waals surface area contributed by atoms with Crippen molar-refractivity contribution in [3.63, 3.8) is 0 Å². The van der Waals surface area contributed by atoms with Crippen LogP contribution in [0.5, 0.6) is 0 Å². The van der Waals surface area contributed by atoms with Gasteiger partial charge in [-0.05, 0) is 20.5 Å². The molecule has 0 aliphatic carbocycles. The van der Waals surface area contributed by atoms with Gasteiger partial charge in [0.2, 0.25) is 0 Å². The molecule has 112 valence electrons. The number of nitrogens with one attached hydrogen (secondary N) is 1. The Kier molecular flexibility index (Phi) is 4.74. The predicted molar refractivity (Wildman–Crippen MR) is 79.5 cm³/mol. The van der Waals surface area contributed by atoms with Crippen LogP contribution in [0, 0.1) is 0 Å². The van der Waals surface area contributed by atoms with Gasteiger partial charge in [0.25, 0.3) is 0 Å². The van der Waals surface area contributed by atoms with E-state index in [1.807, 2.05) is 27.1 Å². The van der Waals surface area contributed by atoms with Crippen molar-refractivity contribution in [1.82, 2.24) is 14.9 Å². The number of nitrogens with zero attached hydrogens (tertiary/aromatic N) is 4. The average molecular weight is 280 g/mol. The standard InChI is InChI=1S/C13H24N6O/c1-4-11-15-12(17-14)6-13(16-11)19-8-10(20)5-9(19)7-18(2)3/h6,9-10,20H,4-5,7-8,14H2,1-3H3,(H,15,16,17). The van der Waals surface area contributed by atoms with Crippen molar-refractivity contribution in [2.24, 2.45) is 5.84 Å². The Balaban J connectivity index is 2.28. The van der Waals surface area contributed by atoms with Gasteiger partial charge in [-0.25, -0.2) is 15.8 Å². The Labute approximate surface area is 119 Å². The molecular formula is C13H24N6O. The number of anilines is 2. The fourth-order valence-corrected chi connectivity index (χ4v) is 2.63. The summed E-state index contributed by atoms with van der Waals surface area (Å²) in [6.07, 6.45) is 1.20. The molecule has 0 aromatic carbocycles. The summed E-state index contributed by atoms with van der Waals surface area (Å²) in [5.74, 6) is 7.65. The third-order valence-corrected chi connectivity index (χ3v) is 3.49. The summed E-state index contributed by atoms with van der Waals surface area (Å²) in [6.45, 7) is 3.49. The van der Waals surface area contributed by atoms with E-state index in [0.717, 1.165) is 31.0 Å². The maximum absolute atomic E-state index is 9.95. The Morgan fingerprint density at radius 3 is 2.85 bits per heavy atom. The molecule has 0 saturated carbocycles. The second-order valence-electron chi connectivity index (χ2n) is 5.48. The summed E-state index contributed by atoms with van der Waals surface area (Å²) in [5.41, 5.74) is 2.58. The van der Waals surface area contributed by atoms with Gasteiger partial charge in [-0.2, -0.15) is 0 Å². The molecule has 0 amide bonds. The molecule has 4 N–H and O–H groups in total. The summed E-state index contributed by atoms with van der Waals surface area (Å²) in [6, 6.07) is 2.09. The molecule has 0 spiro atoms. The van der Waals surface area contributed by atoms with Crippen molar-refractivity contribution >= 4 is 11.6 Å². The first-order chi connectivity index (χ1) is 9.53. The Hall–Kier alpha value is -1.44. The lowest BCUT2D eigenvalue weighted by molar-refractivity contribution is 0.191. The van der Waals surface area contributed by atoms with Gasteiger partial charge in [0.05, 0.1) is 6.10 Å². The summed E-state index contributed by atoms with van der Waals surface area (Å²) < 4.78 is 0. The van der Waals surface area contributed by atoms with Crippen molar-refractivity contribution in [2.75, 3.05) is 37.5 Å². The van der Waals surface area contributed by atoms with Crippen LogP contribution in [0.2, 0.25) is 0 Å². The molecule has 0 bridgehead atoms. The van der Waals surface area contributed by atoms with Gasteiger partial charge in [-0.1, -0.05) is 6.92 Å². The predicted octanol–water partition coefficient (Wildman–Crippen LogP) is -0.174. The quantitative estimate of drug-likeness (QED) is 0.509. The van der Waals surface area contributed by atoms with E-state index >= 15 is 0 Å². The van der Waals surface area contributed by atoms with E-state index < -0.39 is 0 Å². The summed E-state index contributed by atoms with van der Waals surface area (Å²) in [4.78, 5) is 13.1. The maximum atomic E-state index is 9.95. The van der Waals surface area contributed by atoms with Crippen molar-refractivity contribution in [3.8, 4) is 0 Å². The molecule has 2 atom stereocenters. The topological polar surface area (TPSA) is 90.5 Å². The van der Waals surface area contributed by atoms with Gasteiger partial charge in [0.1, 0.15) is 17.5 Å². The third-order valence-electron chi connectivity index (χ3n) is 3.49. The third kappa shape index (κ3) is 3.36. The van der Waals surface area contributed by atoms with Gasteiger partial charge in [-0.3, -0.25) is 0 Å². The highest BCUT2D eigenvalue weighted by Crippen LogP contribution is 2.26. The molecule has 1 aliphatic rings. The van der Waals surface area contributed by atoms with Crippen LogP contribution in [0.15, 0.2) is 6.07 Å². The zero-order valence-corrected chi connectivity index (χ0v) is 12.4. The van der Waals surface area contributed by atoms with E-state index in [-0.39, 0.29) is 12.1 Å². The first kappa shape index (κ1) is 15.0. The van der Waals surface area contributed by atoms with Crippen LogP contribution in [-0.4, -0.2) is 59.3 Å². The Morgan fingerprint density at radius 2 is 2.25 bits per heavy atom. The highest BCUT2D eigenvalue weighted by molar-refractivity contribution is 5.50. The minimum Gasteiger partial charge on any atom is -0.391 e. The molecule has 2 heterocycles. The van der Waals surface area contributed by atoms with Crippen LogP contribution in [-0.2, 0) is 6.42 Å². The zero-order chi connectivity index (χ0) is 14.7. The largest absolute Gasteiger partial charge is 0.391 e. The van der Waals surface area contributed by atoms with Gasteiger partial charge in [-0.15, -0.1) is 0 Å². The molecule has 1 aromatic heterocycles. The van der Waals surface area contributed by atoms with Crippen molar-refractivity contribution in [3.05, 3.63) is 11.9 Å². The minimum atomic E-state index is -0.311. The van der Waals surface area contributed by atoms with Gasteiger partial charge < -0.3 is 20.3 Å². The fraction of sp³-hybridized carbons (Fsp3) is 0.692. The Morgan fingerprint density at radius 1 is 1.50 bits per heavy atom. The number of aryl methyl sites for hydroxylation is 1. The van der Waals surface area contributed by atoms with E-state index in [0.29, 0.717) is 12.4 Å². The van der Waals surface area contributed by atoms with E-state index in [9.17, 15) is 5.11 Å². The number of nitrogen functional groups attached to an aromatic ring is 1. The molecular weight excluding hydrogens is 256 g/mol. The molecule has 7 nitrogen and oxygen atoms in total. The molecule has 1 aromatic rings. The normalized spacial score (nSPS) is 22.6. The second kappa shape index (κ2) is 6.34. The zero-order valence-electron chi connectivity index (χ0n) is 12.4. The number of likely N-dealkylation sites (N-methyl/N-ethyl adjacent to an activating group) is 1. The highest BCUT2D eigenvalue weighted by atomic mass is 16.3. The second-order valence-corrected chi connectivity index (χ2v) is 5.48. The number of aliphatic hydroxyl groups excluding tert-OH is 1. The summed E-state index contributed by atoms with van der Waals surface area (Å²) >= 11 is 0. The monoisotopic (exact) mass is 280 g/mol. The first-order valence-corrected chi connectivity index (χ1v) is 6.97. The number of hydrogen-bond donors (Lipinski definition) is 3. The summed E-state index contributed by atoms with van der Waals surface area (Å²) in [5, 5.41) is 9.95. The van der Waals surface area contributed by atoms with Crippen molar-refractivity contribution in [1.29, 1.82) is 0 Å². The van der Waals surface area contributed by atoms with E-state index in [4.69, 9.17) is 5.84 Å². The number of hydrogen-bond acceptors (Lipinski definition) is 7. The van der Waals surface area contributed by atoms with Gasteiger partial charge in [0, 0.05) is 31.6 Å². The molecule has 1 fully saturated rings. The number of aromatic nitrogens is 2. The SMILES string of the molecule is CCc1nc(NN)cc(N2CC(O)CC2CN(C)C)n1. The molecule has 0 radical (unpaired) electrons. The number of nitrogens with two attached hydrogens (primary N) is 1. The molecule has 1 saturated heterocycles. The number of rotatable bonds is 5. The van der Waals surface area contributed by atoms with Crippen molar-refractivity contribution < 1.29 is 5.11 Å². The highest BCUT2D eigenvalue weighted by Gasteiger charge is 2.32. The fourth-order valence-electron chi connectivity index (χ4n) is 2.63. The van der Waals surface area contributed by atoms with Crippen molar-refractivity contribution in [2.45, 2.75) is 31.9 Å².